The Hall–Kier alpha value is -2.57. The Balaban J connectivity index is 0.000000403. The summed E-state index contributed by atoms with van der Waals surface area (Å²) in [7, 11) is -4.64. The minimum absolute atomic E-state index is 0.166. The summed E-state index contributed by atoms with van der Waals surface area (Å²) in [6.07, 6.45) is 12.7. The predicted octanol–water partition coefficient (Wildman–Crippen LogP) is 2.54. The maximum atomic E-state index is 9.18. The molecule has 0 saturated heterocycles. The number of aromatic nitrogens is 5. The summed E-state index contributed by atoms with van der Waals surface area (Å²) in [5.41, 5.74) is 2.68. The van der Waals surface area contributed by atoms with Gasteiger partial charge in [0.1, 0.15) is 12.0 Å². The number of aromatic amines is 1. The van der Waals surface area contributed by atoms with Crippen molar-refractivity contribution in [3.05, 3.63) is 31.0 Å². The van der Waals surface area contributed by atoms with Crippen LogP contribution in [0.1, 0.15) is 38.1 Å². The smallest absolute Gasteiger partial charge is 0.346 e. The van der Waals surface area contributed by atoms with Crippen LogP contribution >= 0.6 is 7.82 Å². The SMILES string of the molecule is N#CCC(C1CCCC1)n1cc(-c2ncnc3[nH]ccc23)cn1.O=P(O)(O)O. The summed E-state index contributed by atoms with van der Waals surface area (Å²) in [6, 6.07) is 4.47. The maximum Gasteiger partial charge on any atom is 0.466 e. The molecule has 1 saturated carbocycles. The van der Waals surface area contributed by atoms with Crippen LogP contribution in [0.5, 0.6) is 0 Å². The van der Waals surface area contributed by atoms with Gasteiger partial charge in [-0.25, -0.2) is 14.5 Å². The van der Waals surface area contributed by atoms with Gasteiger partial charge in [-0.05, 0) is 24.8 Å². The lowest BCUT2D eigenvalue weighted by atomic mass is 9.96. The van der Waals surface area contributed by atoms with Gasteiger partial charge in [-0.3, -0.25) is 4.68 Å². The van der Waals surface area contributed by atoms with Crippen LogP contribution in [-0.4, -0.2) is 39.4 Å². The Labute approximate surface area is 161 Å². The first kappa shape index (κ1) is 20.2. The third kappa shape index (κ3) is 5.03. The van der Waals surface area contributed by atoms with Gasteiger partial charge < -0.3 is 19.7 Å². The molecule has 0 radical (unpaired) electrons. The summed E-state index contributed by atoms with van der Waals surface area (Å²) < 4.78 is 10.8. The molecule has 0 aromatic carbocycles. The van der Waals surface area contributed by atoms with Crippen LogP contribution in [0.3, 0.4) is 0 Å². The second kappa shape index (κ2) is 8.63. The summed E-state index contributed by atoms with van der Waals surface area (Å²) in [5.74, 6) is 0.556. The fourth-order valence-corrected chi connectivity index (χ4v) is 3.66. The van der Waals surface area contributed by atoms with Crippen molar-refractivity contribution in [1.82, 2.24) is 24.7 Å². The van der Waals surface area contributed by atoms with E-state index in [9.17, 15) is 5.26 Å². The van der Waals surface area contributed by atoms with E-state index < -0.39 is 7.82 Å². The van der Waals surface area contributed by atoms with Crippen LogP contribution in [0, 0.1) is 17.2 Å². The summed E-state index contributed by atoms with van der Waals surface area (Å²) in [4.78, 5) is 33.3. The Morgan fingerprint density at radius 2 is 2.04 bits per heavy atom. The molecular weight excluding hydrogens is 383 g/mol. The van der Waals surface area contributed by atoms with E-state index in [-0.39, 0.29) is 6.04 Å². The third-order valence-electron chi connectivity index (χ3n) is 4.81. The fraction of sp³-hybridized carbons (Fsp3) is 0.412. The van der Waals surface area contributed by atoms with E-state index in [0.29, 0.717) is 12.3 Å². The van der Waals surface area contributed by atoms with Crippen molar-refractivity contribution in [3.8, 4) is 17.3 Å². The van der Waals surface area contributed by atoms with Crippen molar-refractivity contribution in [2.75, 3.05) is 0 Å². The van der Waals surface area contributed by atoms with Crippen molar-refractivity contribution < 1.29 is 19.2 Å². The van der Waals surface area contributed by atoms with E-state index in [4.69, 9.17) is 19.2 Å². The molecule has 1 aliphatic rings. The number of hydrogen-bond acceptors (Lipinski definition) is 5. The van der Waals surface area contributed by atoms with Crippen molar-refractivity contribution >= 4 is 18.9 Å². The highest BCUT2D eigenvalue weighted by Crippen LogP contribution is 2.36. The molecule has 3 heterocycles. The van der Waals surface area contributed by atoms with E-state index in [2.05, 4.69) is 26.1 Å². The van der Waals surface area contributed by atoms with Crippen molar-refractivity contribution in [1.29, 1.82) is 5.26 Å². The molecule has 0 aliphatic heterocycles. The number of fused-ring (bicyclic) bond motifs is 1. The molecule has 28 heavy (non-hydrogen) atoms. The van der Waals surface area contributed by atoms with Crippen LogP contribution in [0.2, 0.25) is 0 Å². The number of H-pyrrole nitrogens is 1. The van der Waals surface area contributed by atoms with E-state index in [1.165, 1.54) is 25.7 Å². The predicted molar refractivity (Wildman–Crippen MR) is 101 cm³/mol. The van der Waals surface area contributed by atoms with Crippen LogP contribution in [-0.2, 0) is 4.57 Å². The first-order valence-electron chi connectivity index (χ1n) is 8.84. The van der Waals surface area contributed by atoms with Gasteiger partial charge in [0.05, 0.1) is 30.4 Å². The van der Waals surface area contributed by atoms with E-state index in [1.807, 2.05) is 29.3 Å². The Morgan fingerprint density at radius 1 is 1.32 bits per heavy atom. The number of hydrogen-bond donors (Lipinski definition) is 4. The van der Waals surface area contributed by atoms with Crippen LogP contribution < -0.4 is 0 Å². The lowest BCUT2D eigenvalue weighted by Gasteiger charge is -2.21. The van der Waals surface area contributed by atoms with E-state index in [0.717, 1.165) is 22.3 Å². The van der Waals surface area contributed by atoms with Gasteiger partial charge in [-0.15, -0.1) is 0 Å². The monoisotopic (exact) mass is 404 g/mol. The molecule has 0 amide bonds. The zero-order chi connectivity index (χ0) is 20.1. The van der Waals surface area contributed by atoms with Crippen molar-refractivity contribution in [2.24, 2.45) is 5.92 Å². The molecule has 1 fully saturated rings. The molecule has 1 aliphatic carbocycles. The standard InChI is InChI=1S/C17H18N6.H3O4P/c18-7-5-15(12-3-1-2-4-12)23-10-13(9-22-23)16-14-6-8-19-17(14)21-11-20-16;1-5(2,3)4/h6,8-12,15H,1-5H2,(H,19,20,21);(H3,1,2,3,4). The number of phosphoric acid groups is 1. The van der Waals surface area contributed by atoms with Crippen molar-refractivity contribution in [2.45, 2.75) is 38.1 Å². The topological polar surface area (TPSA) is 161 Å². The van der Waals surface area contributed by atoms with Gasteiger partial charge in [0, 0.05) is 23.3 Å². The second-order valence-corrected chi connectivity index (χ2v) is 7.69. The van der Waals surface area contributed by atoms with Gasteiger partial charge in [0.25, 0.3) is 0 Å². The number of nitriles is 1. The molecular formula is C17H21N6O4P. The minimum atomic E-state index is -4.64. The largest absolute Gasteiger partial charge is 0.466 e. The van der Waals surface area contributed by atoms with E-state index in [1.54, 1.807) is 6.33 Å². The van der Waals surface area contributed by atoms with Gasteiger partial charge >= 0.3 is 7.82 Å². The normalized spacial score (nSPS) is 15.8. The molecule has 1 unspecified atom stereocenters. The van der Waals surface area contributed by atoms with Gasteiger partial charge in [-0.2, -0.15) is 10.4 Å². The summed E-state index contributed by atoms with van der Waals surface area (Å²) in [5, 5.41) is 14.7. The van der Waals surface area contributed by atoms with Gasteiger partial charge in [0.15, 0.2) is 0 Å². The van der Waals surface area contributed by atoms with Crippen molar-refractivity contribution in [3.63, 3.8) is 0 Å². The molecule has 4 rings (SSSR count). The van der Waals surface area contributed by atoms with Gasteiger partial charge in [-0.1, -0.05) is 12.8 Å². The first-order valence-corrected chi connectivity index (χ1v) is 10.4. The molecule has 3 aromatic heterocycles. The maximum absolute atomic E-state index is 9.18. The molecule has 148 valence electrons. The lowest BCUT2D eigenvalue weighted by Crippen LogP contribution is -2.17. The Kier molecular flexibility index (Phi) is 6.21. The van der Waals surface area contributed by atoms with Crippen LogP contribution in [0.4, 0.5) is 0 Å². The second-order valence-electron chi connectivity index (χ2n) is 6.66. The average Bonchev–Trinajstić information content (AvgIpc) is 3.39. The first-order chi connectivity index (χ1) is 13.4. The Morgan fingerprint density at radius 3 is 2.71 bits per heavy atom. The summed E-state index contributed by atoms with van der Waals surface area (Å²) >= 11 is 0. The molecule has 3 aromatic rings. The molecule has 11 heteroatoms. The average molecular weight is 404 g/mol. The molecule has 10 nitrogen and oxygen atoms in total. The summed E-state index contributed by atoms with van der Waals surface area (Å²) in [6.45, 7) is 0. The minimum Gasteiger partial charge on any atom is -0.346 e. The lowest BCUT2D eigenvalue weighted by molar-refractivity contribution is 0.275. The third-order valence-corrected chi connectivity index (χ3v) is 4.81. The highest BCUT2D eigenvalue weighted by atomic mass is 31.2. The van der Waals surface area contributed by atoms with Crippen LogP contribution in [0.15, 0.2) is 31.0 Å². The zero-order valence-corrected chi connectivity index (χ0v) is 15.9. The number of rotatable bonds is 4. The fourth-order valence-electron chi connectivity index (χ4n) is 3.66. The Bertz CT molecular complexity index is 1010. The quantitative estimate of drug-likeness (QED) is 0.482. The highest BCUT2D eigenvalue weighted by molar-refractivity contribution is 7.45. The van der Waals surface area contributed by atoms with E-state index >= 15 is 0 Å². The number of nitrogens with zero attached hydrogens (tertiary/aromatic N) is 5. The molecule has 0 bridgehead atoms. The molecule has 1 atom stereocenters. The van der Waals surface area contributed by atoms with Gasteiger partial charge in [0.2, 0.25) is 0 Å². The van der Waals surface area contributed by atoms with Crippen LogP contribution in [0.25, 0.3) is 22.3 Å². The highest BCUT2D eigenvalue weighted by Gasteiger charge is 2.27. The number of nitrogens with one attached hydrogen (secondary N) is 1. The molecule has 0 spiro atoms. The molecule has 4 N–H and O–H groups in total. The zero-order valence-electron chi connectivity index (χ0n) is 15.0.